The Kier molecular flexibility index (Phi) is 6.85. The van der Waals surface area contributed by atoms with Gasteiger partial charge >= 0.3 is 0 Å². The largest absolute Gasteiger partial charge is 0.507 e. The van der Waals surface area contributed by atoms with Crippen LogP contribution in [0.3, 0.4) is 0 Å². The fourth-order valence-electron chi connectivity index (χ4n) is 3.21. The van der Waals surface area contributed by atoms with E-state index in [9.17, 15) is 9.90 Å². The van der Waals surface area contributed by atoms with Crippen LogP contribution in [0.25, 0.3) is 17.1 Å². The maximum absolute atomic E-state index is 12.4. The van der Waals surface area contributed by atoms with Crippen LogP contribution in [0.4, 0.5) is 0 Å². The second kappa shape index (κ2) is 10.1. The maximum atomic E-state index is 12.4. The topological polar surface area (TPSA) is 92.4 Å². The highest BCUT2D eigenvalue weighted by atomic mass is 32.2. The van der Waals surface area contributed by atoms with Gasteiger partial charge in [0.2, 0.25) is 0 Å². The molecule has 1 aromatic heterocycles. The van der Waals surface area contributed by atoms with Gasteiger partial charge in [0.1, 0.15) is 5.75 Å². The highest BCUT2D eigenvalue weighted by molar-refractivity contribution is 7.99. The van der Waals surface area contributed by atoms with E-state index in [0.717, 1.165) is 16.8 Å². The molecule has 0 fully saturated rings. The fraction of sp³-hybridized carbons (Fsp3) is 0.120. The smallest absolute Gasteiger partial charge is 0.250 e. The number of para-hydroxylation sites is 2. The Labute approximate surface area is 196 Å². The predicted octanol–water partition coefficient (Wildman–Crippen LogP) is 4.58. The van der Waals surface area contributed by atoms with Crippen molar-refractivity contribution in [3.05, 3.63) is 90.0 Å². The summed E-state index contributed by atoms with van der Waals surface area (Å²) in [5.74, 6) is 0.643. The predicted molar refractivity (Wildman–Crippen MR) is 131 cm³/mol. The van der Waals surface area contributed by atoms with Crippen LogP contribution in [0.5, 0.6) is 5.75 Å². The second-order valence-electron chi connectivity index (χ2n) is 7.38. The van der Waals surface area contributed by atoms with Crippen molar-refractivity contribution in [2.45, 2.75) is 19.0 Å². The summed E-state index contributed by atoms with van der Waals surface area (Å²) >= 11 is 1.28. The van der Waals surface area contributed by atoms with Gasteiger partial charge in [-0.1, -0.05) is 71.9 Å². The van der Waals surface area contributed by atoms with Crippen molar-refractivity contribution in [1.29, 1.82) is 0 Å². The second-order valence-corrected chi connectivity index (χ2v) is 8.32. The minimum absolute atomic E-state index is 0.108. The number of nitrogens with one attached hydrogen (secondary N) is 1. The molecule has 0 unspecified atom stereocenters. The first kappa shape index (κ1) is 22.3. The van der Waals surface area contributed by atoms with Crippen molar-refractivity contribution in [3.8, 4) is 22.8 Å². The number of thioether (sulfide) groups is 1. The summed E-state index contributed by atoms with van der Waals surface area (Å²) in [6.07, 6.45) is 0. The third-order valence-corrected chi connectivity index (χ3v) is 5.86. The van der Waals surface area contributed by atoms with Crippen molar-refractivity contribution >= 4 is 23.4 Å². The van der Waals surface area contributed by atoms with E-state index in [4.69, 9.17) is 0 Å². The number of carbonyl (C=O) groups is 1. The van der Waals surface area contributed by atoms with Crippen molar-refractivity contribution in [2.24, 2.45) is 5.10 Å². The summed E-state index contributed by atoms with van der Waals surface area (Å²) in [6, 6.07) is 24.7. The van der Waals surface area contributed by atoms with Gasteiger partial charge < -0.3 is 5.11 Å². The van der Waals surface area contributed by atoms with Gasteiger partial charge in [-0.05, 0) is 38.1 Å². The summed E-state index contributed by atoms with van der Waals surface area (Å²) in [6.45, 7) is 3.76. The van der Waals surface area contributed by atoms with Gasteiger partial charge in [-0.3, -0.25) is 9.36 Å². The molecule has 8 heteroatoms. The number of aryl methyl sites for hydroxylation is 1. The Hall–Kier alpha value is -3.91. The van der Waals surface area contributed by atoms with E-state index in [0.29, 0.717) is 22.3 Å². The SMILES string of the molecule is C/C(=N/NC(=O)CSc1nnc(-c2ccc(C)cc2)n1-c1ccccc1)c1ccccc1O. The van der Waals surface area contributed by atoms with Gasteiger partial charge in [0, 0.05) is 16.8 Å². The fourth-order valence-corrected chi connectivity index (χ4v) is 3.96. The normalized spacial score (nSPS) is 11.4. The van der Waals surface area contributed by atoms with Crippen LogP contribution in [-0.2, 0) is 4.79 Å². The molecule has 1 amide bonds. The van der Waals surface area contributed by atoms with Crippen LogP contribution in [0.2, 0.25) is 0 Å². The van der Waals surface area contributed by atoms with Crippen LogP contribution >= 0.6 is 11.8 Å². The number of hydrogen-bond donors (Lipinski definition) is 2. The van der Waals surface area contributed by atoms with Crippen LogP contribution < -0.4 is 5.43 Å². The lowest BCUT2D eigenvalue weighted by Crippen LogP contribution is -2.21. The molecule has 7 nitrogen and oxygen atoms in total. The summed E-state index contributed by atoms with van der Waals surface area (Å²) in [4.78, 5) is 12.4. The first-order valence-corrected chi connectivity index (χ1v) is 11.3. The summed E-state index contributed by atoms with van der Waals surface area (Å²) in [5.41, 5.74) is 6.64. The number of benzene rings is 3. The van der Waals surface area contributed by atoms with Crippen molar-refractivity contribution in [2.75, 3.05) is 5.75 Å². The van der Waals surface area contributed by atoms with Gasteiger partial charge in [0.05, 0.1) is 11.5 Å². The van der Waals surface area contributed by atoms with Crippen LogP contribution in [0.1, 0.15) is 18.1 Å². The maximum Gasteiger partial charge on any atom is 0.250 e. The quantitative estimate of drug-likeness (QED) is 0.241. The lowest BCUT2D eigenvalue weighted by atomic mass is 10.1. The molecule has 0 atom stereocenters. The molecule has 0 aliphatic rings. The van der Waals surface area contributed by atoms with Gasteiger partial charge in [0.15, 0.2) is 11.0 Å². The summed E-state index contributed by atoms with van der Waals surface area (Å²) in [5, 5.41) is 23.4. The highest BCUT2D eigenvalue weighted by Crippen LogP contribution is 2.28. The standard InChI is InChI=1S/C25H23N5O2S/c1-17-12-14-19(15-13-17)24-28-29-25(30(24)20-8-4-3-5-9-20)33-16-23(32)27-26-18(2)21-10-6-7-11-22(21)31/h3-15,31H,16H2,1-2H3,(H,27,32)/b26-18-. The zero-order valence-electron chi connectivity index (χ0n) is 18.3. The first-order valence-electron chi connectivity index (χ1n) is 10.3. The summed E-state index contributed by atoms with van der Waals surface area (Å²) < 4.78 is 1.94. The number of aromatic nitrogens is 3. The van der Waals surface area contributed by atoms with E-state index >= 15 is 0 Å². The van der Waals surface area contributed by atoms with E-state index in [2.05, 4.69) is 20.7 Å². The van der Waals surface area contributed by atoms with E-state index in [1.165, 1.54) is 11.8 Å². The monoisotopic (exact) mass is 457 g/mol. The zero-order valence-corrected chi connectivity index (χ0v) is 19.1. The minimum atomic E-state index is -0.283. The van der Waals surface area contributed by atoms with Crippen molar-refractivity contribution in [1.82, 2.24) is 20.2 Å². The minimum Gasteiger partial charge on any atom is -0.507 e. The summed E-state index contributed by atoms with van der Waals surface area (Å²) in [7, 11) is 0. The Bertz CT molecular complexity index is 1280. The molecule has 1 heterocycles. The van der Waals surface area contributed by atoms with Crippen LogP contribution in [0, 0.1) is 6.92 Å². The lowest BCUT2D eigenvalue weighted by molar-refractivity contribution is -0.118. The molecule has 3 aromatic carbocycles. The molecule has 33 heavy (non-hydrogen) atoms. The van der Waals surface area contributed by atoms with Gasteiger partial charge in [-0.15, -0.1) is 10.2 Å². The van der Waals surface area contributed by atoms with Gasteiger partial charge in [-0.2, -0.15) is 5.10 Å². The Balaban J connectivity index is 1.52. The molecule has 0 saturated heterocycles. The molecule has 0 bridgehead atoms. The molecule has 0 aliphatic heterocycles. The Morgan fingerprint density at radius 3 is 2.42 bits per heavy atom. The molecule has 4 rings (SSSR count). The number of amides is 1. The molecule has 0 radical (unpaired) electrons. The number of carbonyl (C=O) groups excluding carboxylic acids is 1. The molecule has 0 aliphatic carbocycles. The molecule has 0 saturated carbocycles. The van der Waals surface area contributed by atoms with Crippen LogP contribution in [-0.4, -0.2) is 37.2 Å². The first-order chi connectivity index (χ1) is 16.0. The van der Waals surface area contributed by atoms with Gasteiger partial charge in [-0.25, -0.2) is 5.43 Å². The van der Waals surface area contributed by atoms with Crippen LogP contribution in [0.15, 0.2) is 89.1 Å². The Morgan fingerprint density at radius 1 is 1.00 bits per heavy atom. The molecule has 166 valence electrons. The number of hydrazone groups is 1. The lowest BCUT2D eigenvalue weighted by Gasteiger charge is -2.10. The molecule has 2 N–H and O–H groups in total. The average Bonchev–Trinajstić information content (AvgIpc) is 3.26. The van der Waals surface area contributed by atoms with Gasteiger partial charge in [0.25, 0.3) is 5.91 Å². The third kappa shape index (κ3) is 5.30. The zero-order chi connectivity index (χ0) is 23.2. The molecular formula is C25H23N5O2S. The van der Waals surface area contributed by atoms with E-state index in [1.807, 2.05) is 66.1 Å². The van der Waals surface area contributed by atoms with E-state index < -0.39 is 0 Å². The number of phenols is 1. The molecule has 0 spiro atoms. The number of hydrogen-bond acceptors (Lipinski definition) is 6. The number of aromatic hydroxyl groups is 1. The average molecular weight is 458 g/mol. The van der Waals surface area contributed by atoms with Crippen molar-refractivity contribution in [3.63, 3.8) is 0 Å². The molecular weight excluding hydrogens is 434 g/mol. The number of rotatable bonds is 7. The van der Waals surface area contributed by atoms with E-state index in [-0.39, 0.29) is 17.4 Å². The highest BCUT2D eigenvalue weighted by Gasteiger charge is 2.17. The number of nitrogens with zero attached hydrogens (tertiary/aromatic N) is 4. The third-order valence-electron chi connectivity index (χ3n) is 4.93. The number of phenolic OH excluding ortho intramolecular Hbond substituents is 1. The van der Waals surface area contributed by atoms with Crippen molar-refractivity contribution < 1.29 is 9.90 Å². The Morgan fingerprint density at radius 2 is 1.70 bits per heavy atom. The van der Waals surface area contributed by atoms with E-state index in [1.54, 1.807) is 31.2 Å². The molecule has 4 aromatic rings.